The summed E-state index contributed by atoms with van der Waals surface area (Å²) >= 11 is 5.84. The van der Waals surface area contributed by atoms with Gasteiger partial charge in [0.2, 0.25) is 0 Å². The van der Waals surface area contributed by atoms with Crippen LogP contribution in [0.4, 0.5) is 0 Å². The number of aromatic nitrogens is 1. The molecule has 1 aromatic rings. The Kier molecular flexibility index (Phi) is 4.19. The van der Waals surface area contributed by atoms with E-state index in [1.54, 1.807) is 0 Å². The third kappa shape index (κ3) is 2.98. The van der Waals surface area contributed by atoms with Crippen LogP contribution in [0.3, 0.4) is 0 Å². The zero-order valence-electron chi connectivity index (χ0n) is 7.76. The molecule has 3 heteroatoms. The van der Waals surface area contributed by atoms with Crippen molar-refractivity contribution in [1.29, 1.82) is 0 Å². The fraction of sp³-hybridized carbons (Fsp3) is 0.500. The van der Waals surface area contributed by atoms with Crippen molar-refractivity contribution in [1.82, 2.24) is 4.98 Å². The first kappa shape index (κ1) is 10.5. The quantitative estimate of drug-likeness (QED) is 0.757. The number of aryl methyl sites for hydroxylation is 1. The van der Waals surface area contributed by atoms with Gasteiger partial charge in [-0.25, -0.2) is 4.98 Å². The molecule has 0 unspecified atom stereocenters. The summed E-state index contributed by atoms with van der Waals surface area (Å²) in [7, 11) is 0. The Balaban J connectivity index is 2.71. The summed E-state index contributed by atoms with van der Waals surface area (Å²) in [5.74, 6) is 0. The van der Waals surface area contributed by atoms with Gasteiger partial charge in [-0.3, -0.25) is 0 Å². The van der Waals surface area contributed by atoms with Gasteiger partial charge in [0.05, 0.1) is 6.61 Å². The zero-order chi connectivity index (χ0) is 9.68. The molecule has 0 atom stereocenters. The largest absolute Gasteiger partial charge is 0.392 e. The minimum atomic E-state index is -0.0418. The predicted molar refractivity (Wildman–Crippen MR) is 53.8 cm³/mol. The third-order valence-corrected chi connectivity index (χ3v) is 2.27. The van der Waals surface area contributed by atoms with Crippen molar-refractivity contribution in [2.75, 3.05) is 0 Å². The molecular weight excluding hydrogens is 186 g/mol. The Morgan fingerprint density at radius 2 is 2.23 bits per heavy atom. The molecule has 0 bridgehead atoms. The fourth-order valence-electron chi connectivity index (χ4n) is 1.12. The predicted octanol–water partition coefficient (Wildman–Crippen LogP) is 2.57. The van der Waals surface area contributed by atoms with E-state index in [1.807, 2.05) is 12.1 Å². The summed E-state index contributed by atoms with van der Waals surface area (Å²) in [5.41, 5.74) is 1.70. The Morgan fingerprint density at radius 3 is 2.77 bits per heavy atom. The molecule has 1 rings (SSSR count). The second-order valence-electron chi connectivity index (χ2n) is 3.01. The maximum Gasteiger partial charge on any atom is 0.134 e. The molecule has 0 aliphatic heterocycles. The SMILES string of the molecule is CCCCc1ccc(CO)c(Cl)n1. The fourth-order valence-corrected chi connectivity index (χ4v) is 1.35. The standard InChI is InChI=1S/C10H14ClNO/c1-2-3-4-9-6-5-8(7-13)10(11)12-9/h5-6,13H,2-4,7H2,1H3. The monoisotopic (exact) mass is 199 g/mol. The zero-order valence-corrected chi connectivity index (χ0v) is 8.51. The first-order valence-corrected chi connectivity index (χ1v) is 4.91. The number of aliphatic hydroxyl groups is 1. The lowest BCUT2D eigenvalue weighted by Gasteiger charge is -2.02. The van der Waals surface area contributed by atoms with E-state index in [0.29, 0.717) is 10.7 Å². The van der Waals surface area contributed by atoms with E-state index in [0.717, 1.165) is 25.0 Å². The minimum Gasteiger partial charge on any atom is -0.392 e. The van der Waals surface area contributed by atoms with Gasteiger partial charge < -0.3 is 5.11 Å². The van der Waals surface area contributed by atoms with Gasteiger partial charge in [0.15, 0.2) is 0 Å². The smallest absolute Gasteiger partial charge is 0.134 e. The number of hydrogen-bond acceptors (Lipinski definition) is 2. The molecule has 72 valence electrons. The maximum atomic E-state index is 8.86. The summed E-state index contributed by atoms with van der Waals surface area (Å²) in [6, 6.07) is 3.76. The first-order chi connectivity index (χ1) is 6.27. The molecule has 0 aromatic carbocycles. The van der Waals surface area contributed by atoms with Crippen LogP contribution in [0, 0.1) is 0 Å². The van der Waals surface area contributed by atoms with Crippen molar-refractivity contribution in [2.24, 2.45) is 0 Å². The lowest BCUT2D eigenvalue weighted by Crippen LogP contribution is -1.94. The van der Waals surface area contributed by atoms with Crippen LogP contribution in [0.1, 0.15) is 31.0 Å². The Labute approximate surface area is 83.6 Å². The van der Waals surface area contributed by atoms with Crippen LogP contribution in [-0.4, -0.2) is 10.1 Å². The molecule has 1 aromatic heterocycles. The number of aliphatic hydroxyl groups excluding tert-OH is 1. The van der Waals surface area contributed by atoms with E-state index in [4.69, 9.17) is 16.7 Å². The van der Waals surface area contributed by atoms with Crippen molar-refractivity contribution in [3.05, 3.63) is 28.5 Å². The summed E-state index contributed by atoms with van der Waals surface area (Å²) in [4.78, 5) is 4.19. The van der Waals surface area contributed by atoms with Gasteiger partial charge in [-0.2, -0.15) is 0 Å². The topological polar surface area (TPSA) is 33.1 Å². The van der Waals surface area contributed by atoms with Crippen molar-refractivity contribution in [3.63, 3.8) is 0 Å². The van der Waals surface area contributed by atoms with Crippen LogP contribution in [0.5, 0.6) is 0 Å². The number of pyridine rings is 1. The highest BCUT2D eigenvalue weighted by atomic mass is 35.5. The molecule has 1 heterocycles. The van der Waals surface area contributed by atoms with Crippen molar-refractivity contribution in [2.45, 2.75) is 32.8 Å². The van der Waals surface area contributed by atoms with Crippen LogP contribution in [-0.2, 0) is 13.0 Å². The number of halogens is 1. The molecule has 1 N–H and O–H groups in total. The highest BCUT2D eigenvalue weighted by Crippen LogP contribution is 2.14. The van der Waals surface area contributed by atoms with E-state index >= 15 is 0 Å². The number of rotatable bonds is 4. The van der Waals surface area contributed by atoms with Gasteiger partial charge in [-0.1, -0.05) is 31.0 Å². The van der Waals surface area contributed by atoms with Gasteiger partial charge in [0.25, 0.3) is 0 Å². The van der Waals surface area contributed by atoms with E-state index in [1.165, 1.54) is 0 Å². The Morgan fingerprint density at radius 1 is 1.46 bits per heavy atom. The molecule has 0 spiro atoms. The van der Waals surface area contributed by atoms with Gasteiger partial charge in [-0.05, 0) is 18.9 Å². The summed E-state index contributed by atoms with van der Waals surface area (Å²) in [5, 5.41) is 9.29. The molecular formula is C10H14ClNO. The highest BCUT2D eigenvalue weighted by Gasteiger charge is 2.01. The first-order valence-electron chi connectivity index (χ1n) is 4.53. The highest BCUT2D eigenvalue weighted by molar-refractivity contribution is 6.30. The summed E-state index contributed by atoms with van der Waals surface area (Å²) < 4.78 is 0. The molecule has 0 fully saturated rings. The second kappa shape index (κ2) is 5.20. The van der Waals surface area contributed by atoms with Gasteiger partial charge in [-0.15, -0.1) is 0 Å². The van der Waals surface area contributed by atoms with Crippen LogP contribution >= 0.6 is 11.6 Å². The molecule has 0 aliphatic carbocycles. The van der Waals surface area contributed by atoms with Crippen molar-refractivity contribution < 1.29 is 5.11 Å². The average Bonchev–Trinajstić information content (AvgIpc) is 2.15. The molecule has 2 nitrogen and oxygen atoms in total. The van der Waals surface area contributed by atoms with Gasteiger partial charge in [0.1, 0.15) is 5.15 Å². The van der Waals surface area contributed by atoms with Crippen LogP contribution in [0.25, 0.3) is 0 Å². The van der Waals surface area contributed by atoms with E-state index in [2.05, 4.69) is 11.9 Å². The normalized spacial score (nSPS) is 10.4. The van der Waals surface area contributed by atoms with Gasteiger partial charge >= 0.3 is 0 Å². The summed E-state index contributed by atoms with van der Waals surface area (Å²) in [6.07, 6.45) is 3.24. The number of nitrogens with zero attached hydrogens (tertiary/aromatic N) is 1. The van der Waals surface area contributed by atoms with Crippen LogP contribution < -0.4 is 0 Å². The lowest BCUT2D eigenvalue weighted by atomic mass is 10.2. The van der Waals surface area contributed by atoms with Crippen LogP contribution in [0.15, 0.2) is 12.1 Å². The van der Waals surface area contributed by atoms with Gasteiger partial charge in [0, 0.05) is 11.3 Å². The Hall–Kier alpha value is -0.600. The van der Waals surface area contributed by atoms with E-state index in [9.17, 15) is 0 Å². The van der Waals surface area contributed by atoms with Crippen molar-refractivity contribution >= 4 is 11.6 Å². The lowest BCUT2D eigenvalue weighted by molar-refractivity contribution is 0.281. The molecule has 13 heavy (non-hydrogen) atoms. The van der Waals surface area contributed by atoms with Crippen LogP contribution in [0.2, 0.25) is 5.15 Å². The number of hydrogen-bond donors (Lipinski definition) is 1. The molecule has 0 saturated heterocycles. The third-order valence-electron chi connectivity index (χ3n) is 1.94. The average molecular weight is 200 g/mol. The van der Waals surface area contributed by atoms with E-state index in [-0.39, 0.29) is 6.61 Å². The minimum absolute atomic E-state index is 0.0418. The summed E-state index contributed by atoms with van der Waals surface area (Å²) in [6.45, 7) is 2.10. The molecule has 0 saturated carbocycles. The number of unbranched alkanes of at least 4 members (excludes halogenated alkanes) is 1. The molecule has 0 aliphatic rings. The second-order valence-corrected chi connectivity index (χ2v) is 3.37. The molecule has 0 amide bonds. The maximum absolute atomic E-state index is 8.86. The Bertz CT molecular complexity index is 276. The van der Waals surface area contributed by atoms with Crippen molar-refractivity contribution in [3.8, 4) is 0 Å². The van der Waals surface area contributed by atoms with E-state index < -0.39 is 0 Å². The molecule has 0 radical (unpaired) electrons.